The van der Waals surface area contributed by atoms with Gasteiger partial charge in [0.25, 0.3) is 0 Å². The summed E-state index contributed by atoms with van der Waals surface area (Å²) < 4.78 is 120. The van der Waals surface area contributed by atoms with Crippen LogP contribution in [0.1, 0.15) is 17.8 Å². The van der Waals surface area contributed by atoms with E-state index in [4.69, 9.17) is 22.2 Å². The fraction of sp³-hybridized carbons (Fsp3) is 0. The molecule has 0 amide bonds. The van der Waals surface area contributed by atoms with E-state index < -0.39 is 84.1 Å². The van der Waals surface area contributed by atoms with E-state index in [1.54, 1.807) is 18.2 Å². The van der Waals surface area contributed by atoms with Crippen LogP contribution in [0.25, 0.3) is 76.5 Å². The van der Waals surface area contributed by atoms with E-state index >= 15 is 0 Å². The van der Waals surface area contributed by atoms with Gasteiger partial charge in [-0.3, -0.25) is 0 Å². The monoisotopic (exact) mass is 483 g/mol. The normalized spacial score (nSPS) is 16.7. The summed E-state index contributed by atoms with van der Waals surface area (Å²) in [5.74, 6) is 0. The molecule has 0 fully saturated rings. The predicted octanol–water partition coefficient (Wildman–Crippen LogP) is 10.4. The Morgan fingerprint density at radius 2 is 1.08 bits per heavy atom. The molecular weight excluding hydrogens is 448 g/mol. The topological polar surface area (TPSA) is 13.1 Å². The molecule has 0 radical (unpaired) electrons. The second-order valence-electron chi connectivity index (χ2n) is 8.73. The summed E-state index contributed by atoms with van der Waals surface area (Å²) in [5, 5.41) is 2.50. The second kappa shape index (κ2) is 7.81. The van der Waals surface area contributed by atoms with Crippen LogP contribution in [0.2, 0.25) is 0 Å². The SMILES string of the molecule is [2H]c1c([2H])c([2H])c(-c2c3c([2H])c([2H])c([2H])c([2H])c3c(-c3ccc4oc5c6ccccc6ccc5c4c3)c3c([2H])c([2H])c([2H])c([2H])c23)c([2H])c1[2H]. The van der Waals surface area contributed by atoms with Gasteiger partial charge in [0, 0.05) is 16.2 Å². The summed E-state index contributed by atoms with van der Waals surface area (Å²) in [4.78, 5) is 0. The van der Waals surface area contributed by atoms with Crippen molar-refractivity contribution in [2.24, 2.45) is 0 Å². The van der Waals surface area contributed by atoms with Gasteiger partial charge in [-0.1, -0.05) is 115 Å². The fourth-order valence-electron chi connectivity index (χ4n) is 5.20. The van der Waals surface area contributed by atoms with Crippen molar-refractivity contribution in [3.05, 3.63) is 133 Å². The Balaban J connectivity index is 1.66. The lowest BCUT2D eigenvalue weighted by molar-refractivity contribution is 0.672. The van der Waals surface area contributed by atoms with E-state index in [0.29, 0.717) is 22.1 Å². The van der Waals surface area contributed by atoms with Crippen LogP contribution in [0.5, 0.6) is 0 Å². The van der Waals surface area contributed by atoms with Crippen LogP contribution in [0.4, 0.5) is 0 Å². The van der Waals surface area contributed by atoms with Gasteiger partial charge in [0.1, 0.15) is 11.2 Å². The standard InChI is InChI=1S/C36H22O/c1-2-11-24(12-3-1)34-27-14-6-8-16-29(27)35(30-17-9-7-15-28(30)34)25-19-21-33-32(22-25)31-20-18-23-10-4-5-13-26(23)36(31)37-33/h1-22H/i1D,2D,3D,6D,7D,8D,9D,11D,12D,14D,15D,16D,17D. The Morgan fingerprint density at radius 1 is 0.459 bits per heavy atom. The maximum atomic E-state index is 9.15. The largest absolute Gasteiger partial charge is 0.455 e. The lowest BCUT2D eigenvalue weighted by Gasteiger charge is -2.17. The highest BCUT2D eigenvalue weighted by Crippen LogP contribution is 2.45. The number of hydrogen-bond donors (Lipinski definition) is 0. The smallest absolute Gasteiger partial charge is 0.143 e. The predicted molar refractivity (Wildman–Crippen MR) is 157 cm³/mol. The van der Waals surface area contributed by atoms with E-state index in [2.05, 4.69) is 0 Å². The van der Waals surface area contributed by atoms with Gasteiger partial charge in [0.2, 0.25) is 0 Å². The molecule has 1 heteroatoms. The van der Waals surface area contributed by atoms with Gasteiger partial charge in [-0.05, 0) is 67.4 Å². The molecule has 0 aliphatic rings. The van der Waals surface area contributed by atoms with E-state index in [0.717, 1.165) is 16.2 Å². The van der Waals surface area contributed by atoms with Gasteiger partial charge in [-0.25, -0.2) is 0 Å². The molecule has 0 saturated heterocycles. The minimum absolute atomic E-state index is 0.0714. The molecule has 7 aromatic carbocycles. The third-order valence-corrected chi connectivity index (χ3v) is 6.78. The summed E-state index contributed by atoms with van der Waals surface area (Å²) in [6.07, 6.45) is 0. The van der Waals surface area contributed by atoms with Gasteiger partial charge in [0.15, 0.2) is 0 Å². The second-order valence-corrected chi connectivity index (χ2v) is 8.73. The molecule has 1 aromatic heterocycles. The molecule has 172 valence electrons. The molecular formula is C36H22O. The molecule has 0 saturated carbocycles. The van der Waals surface area contributed by atoms with Gasteiger partial charge < -0.3 is 4.42 Å². The van der Waals surface area contributed by atoms with Crippen LogP contribution in [-0.2, 0) is 0 Å². The summed E-state index contributed by atoms with van der Waals surface area (Å²) >= 11 is 0. The Bertz CT molecular complexity index is 2750. The molecule has 8 aromatic rings. The van der Waals surface area contributed by atoms with Crippen LogP contribution in [0.3, 0.4) is 0 Å². The first-order valence-corrected chi connectivity index (χ1v) is 11.6. The number of fused-ring (bicyclic) bond motifs is 7. The highest BCUT2D eigenvalue weighted by molar-refractivity contribution is 6.22. The fourth-order valence-corrected chi connectivity index (χ4v) is 5.20. The Kier molecular flexibility index (Phi) is 2.42. The molecule has 8 rings (SSSR count). The summed E-state index contributed by atoms with van der Waals surface area (Å²) in [7, 11) is 0. The number of rotatable bonds is 2. The first-order chi connectivity index (χ1) is 23.8. The van der Waals surface area contributed by atoms with Gasteiger partial charge >= 0.3 is 0 Å². The van der Waals surface area contributed by atoms with E-state index in [1.165, 1.54) is 0 Å². The van der Waals surface area contributed by atoms with Crippen molar-refractivity contribution in [1.82, 2.24) is 0 Å². The summed E-state index contributed by atoms with van der Waals surface area (Å²) in [6.45, 7) is 0. The zero-order valence-corrected chi connectivity index (χ0v) is 19.1. The third-order valence-electron chi connectivity index (χ3n) is 6.78. The highest BCUT2D eigenvalue weighted by atomic mass is 16.3. The average molecular weight is 484 g/mol. The zero-order valence-electron chi connectivity index (χ0n) is 32.1. The van der Waals surface area contributed by atoms with E-state index in [9.17, 15) is 0 Å². The quantitative estimate of drug-likeness (QED) is 0.223. The van der Waals surface area contributed by atoms with Gasteiger partial charge in [-0.15, -0.1) is 0 Å². The van der Waals surface area contributed by atoms with Crippen LogP contribution < -0.4 is 0 Å². The maximum absolute atomic E-state index is 9.15. The minimum Gasteiger partial charge on any atom is -0.455 e. The molecule has 0 N–H and O–H groups in total. The Morgan fingerprint density at radius 3 is 1.78 bits per heavy atom. The van der Waals surface area contributed by atoms with E-state index in [-0.39, 0.29) is 32.7 Å². The van der Waals surface area contributed by atoms with Crippen molar-refractivity contribution in [2.45, 2.75) is 0 Å². The van der Waals surface area contributed by atoms with Crippen LogP contribution in [0.15, 0.2) is 138 Å². The maximum Gasteiger partial charge on any atom is 0.143 e. The van der Waals surface area contributed by atoms with Crippen molar-refractivity contribution < 1.29 is 22.2 Å². The lowest BCUT2D eigenvalue weighted by Crippen LogP contribution is -1.90. The minimum atomic E-state index is -0.710. The molecule has 1 heterocycles. The van der Waals surface area contributed by atoms with Crippen molar-refractivity contribution >= 4 is 54.3 Å². The van der Waals surface area contributed by atoms with Crippen LogP contribution in [-0.4, -0.2) is 0 Å². The van der Waals surface area contributed by atoms with Crippen molar-refractivity contribution in [3.63, 3.8) is 0 Å². The molecule has 1 nitrogen and oxygen atoms in total. The van der Waals surface area contributed by atoms with E-state index in [1.807, 2.05) is 36.4 Å². The number of furan rings is 1. The number of hydrogen-bond acceptors (Lipinski definition) is 1. The molecule has 0 aliphatic heterocycles. The summed E-state index contributed by atoms with van der Waals surface area (Å²) in [5.41, 5.74) is 0.818. The number of benzene rings is 7. The Hall–Kier alpha value is -4.88. The lowest BCUT2D eigenvalue weighted by atomic mass is 9.86. The third kappa shape index (κ3) is 2.98. The molecule has 0 spiro atoms. The summed E-state index contributed by atoms with van der Waals surface area (Å²) in [6, 6.07) is 8.37. The van der Waals surface area contributed by atoms with Crippen molar-refractivity contribution in [2.75, 3.05) is 0 Å². The first kappa shape index (κ1) is 11.5. The molecule has 0 aliphatic carbocycles. The molecule has 37 heavy (non-hydrogen) atoms. The van der Waals surface area contributed by atoms with Crippen LogP contribution >= 0.6 is 0 Å². The zero-order chi connectivity index (χ0) is 35.7. The van der Waals surface area contributed by atoms with Crippen molar-refractivity contribution in [3.8, 4) is 22.3 Å². The van der Waals surface area contributed by atoms with Gasteiger partial charge in [0.05, 0.1) is 17.8 Å². The van der Waals surface area contributed by atoms with Crippen LogP contribution in [0, 0.1) is 0 Å². The first-order valence-electron chi connectivity index (χ1n) is 18.1. The molecule has 0 bridgehead atoms. The molecule has 0 unspecified atom stereocenters. The molecule has 0 atom stereocenters. The van der Waals surface area contributed by atoms with Gasteiger partial charge in [-0.2, -0.15) is 0 Å². The average Bonchev–Trinajstić information content (AvgIpc) is 3.50. The Labute approximate surface area is 232 Å². The highest BCUT2D eigenvalue weighted by Gasteiger charge is 2.18. The van der Waals surface area contributed by atoms with Crippen molar-refractivity contribution in [1.29, 1.82) is 0 Å².